The van der Waals surface area contributed by atoms with E-state index >= 15 is 0 Å². The molecule has 0 aliphatic carbocycles. The van der Waals surface area contributed by atoms with Crippen LogP contribution in [0.1, 0.15) is 43.1 Å². The highest BCUT2D eigenvalue weighted by Gasteiger charge is 2.38. The van der Waals surface area contributed by atoms with Crippen LogP contribution < -0.4 is 10.9 Å². The number of methoxy groups -OCH3 is 1. The zero-order chi connectivity index (χ0) is 32.9. The molecule has 0 bridgehead atoms. The zero-order valence-corrected chi connectivity index (χ0v) is 25.1. The lowest BCUT2D eigenvalue weighted by Crippen LogP contribution is -2.35. The molecule has 0 saturated carbocycles. The summed E-state index contributed by atoms with van der Waals surface area (Å²) < 4.78 is 40.4. The number of carboxylic acid groups (broad SMARTS) is 1. The summed E-state index contributed by atoms with van der Waals surface area (Å²) in [6.07, 6.45) is -1.63. The molecule has 1 fully saturated rings. The van der Waals surface area contributed by atoms with Crippen LogP contribution in [0.15, 0.2) is 53.5 Å². The molecule has 0 spiro atoms. The Hall–Kier alpha value is -4.72. The summed E-state index contributed by atoms with van der Waals surface area (Å²) in [6.45, 7) is 7.01. The van der Waals surface area contributed by atoms with E-state index in [0.717, 1.165) is 36.8 Å². The Balaban J connectivity index is 0.000000591. The number of nitrogens with one attached hydrogen (secondary N) is 1. The van der Waals surface area contributed by atoms with E-state index in [-0.39, 0.29) is 24.1 Å². The molecule has 0 atom stereocenters. The van der Waals surface area contributed by atoms with Crippen LogP contribution >= 0.6 is 0 Å². The SMILES string of the molecule is CCN(CC)C(=O)Cn1cc(-c2nc3ccc(C(=O)OC)cc3n(C3CCNCC3)c2=O)c2ccccc21.O=C(O)C(F)(F)F. The Labute approximate surface area is 256 Å². The van der Waals surface area contributed by atoms with E-state index < -0.39 is 18.1 Å². The van der Waals surface area contributed by atoms with Crippen LogP contribution in [-0.4, -0.2) is 81.4 Å². The van der Waals surface area contributed by atoms with Gasteiger partial charge in [-0.25, -0.2) is 14.6 Å². The van der Waals surface area contributed by atoms with Crippen molar-refractivity contribution in [2.24, 2.45) is 0 Å². The molecule has 14 heteroatoms. The van der Waals surface area contributed by atoms with Gasteiger partial charge in [0.2, 0.25) is 5.91 Å². The molecule has 5 rings (SSSR count). The lowest BCUT2D eigenvalue weighted by molar-refractivity contribution is -0.192. The van der Waals surface area contributed by atoms with Crippen molar-refractivity contribution in [1.82, 2.24) is 24.3 Å². The monoisotopic (exact) mass is 629 g/mol. The number of carbonyl (C=O) groups excluding carboxylic acids is 2. The molecule has 1 aliphatic rings. The molecule has 2 aromatic carbocycles. The molecule has 4 aromatic rings. The first kappa shape index (κ1) is 33.2. The number of hydrogen-bond acceptors (Lipinski definition) is 7. The summed E-state index contributed by atoms with van der Waals surface area (Å²) in [7, 11) is 1.34. The van der Waals surface area contributed by atoms with Gasteiger partial charge in [0.05, 0.1) is 23.7 Å². The topological polar surface area (TPSA) is 136 Å². The largest absolute Gasteiger partial charge is 0.490 e. The molecular formula is C31H34F3N5O6. The Kier molecular flexibility index (Phi) is 10.3. The molecular weight excluding hydrogens is 595 g/mol. The minimum absolute atomic E-state index is 0.0243. The Morgan fingerprint density at radius 3 is 2.31 bits per heavy atom. The summed E-state index contributed by atoms with van der Waals surface area (Å²) in [5, 5.41) is 11.3. The molecule has 1 aliphatic heterocycles. The number of carbonyl (C=O) groups is 3. The second kappa shape index (κ2) is 13.9. The standard InChI is InChI=1S/C29H33N5O4.C2HF3O2/c1-4-32(5-2)26(35)18-33-17-22(21-8-6-7-9-24(21)33)27-28(36)34(20-12-14-30-15-13-20)25-16-19(29(37)38-3)10-11-23(25)31-27;3-2(4,5)1(6)7/h6-11,16-17,20,30H,4-5,12-15,18H2,1-3H3;(H,6,7). The van der Waals surface area contributed by atoms with Gasteiger partial charge in [-0.1, -0.05) is 18.2 Å². The van der Waals surface area contributed by atoms with Crippen LogP contribution in [0.2, 0.25) is 0 Å². The number of ether oxygens (including phenoxy) is 1. The normalized spacial score (nSPS) is 13.7. The fraction of sp³-hybridized carbons (Fsp3) is 0.387. The maximum absolute atomic E-state index is 14.2. The Morgan fingerprint density at radius 1 is 1.07 bits per heavy atom. The van der Waals surface area contributed by atoms with E-state index in [1.54, 1.807) is 27.7 Å². The predicted molar refractivity (Wildman–Crippen MR) is 161 cm³/mol. The highest BCUT2D eigenvalue weighted by atomic mass is 19.4. The van der Waals surface area contributed by atoms with E-state index in [2.05, 4.69) is 5.32 Å². The third-order valence-electron chi connectivity index (χ3n) is 7.69. The van der Waals surface area contributed by atoms with Crippen molar-refractivity contribution in [2.45, 2.75) is 45.5 Å². The van der Waals surface area contributed by atoms with Gasteiger partial charge in [0.15, 0.2) is 0 Å². The summed E-state index contributed by atoms with van der Waals surface area (Å²) in [5.74, 6) is -3.19. The lowest BCUT2D eigenvalue weighted by atomic mass is 10.0. The first-order chi connectivity index (χ1) is 21.4. The first-order valence-electron chi connectivity index (χ1n) is 14.4. The maximum atomic E-state index is 14.2. The summed E-state index contributed by atoms with van der Waals surface area (Å²) in [6, 6.07) is 12.9. The second-order valence-corrected chi connectivity index (χ2v) is 10.4. The molecule has 2 aromatic heterocycles. The number of halogens is 3. The van der Waals surface area contributed by atoms with Gasteiger partial charge in [0, 0.05) is 41.8 Å². The Morgan fingerprint density at radius 2 is 1.71 bits per heavy atom. The number of likely N-dealkylation sites (N-methyl/N-ethyl adjacent to an activating group) is 1. The molecule has 3 heterocycles. The van der Waals surface area contributed by atoms with Gasteiger partial charge in [0.25, 0.3) is 5.56 Å². The number of aliphatic carboxylic acids is 1. The van der Waals surface area contributed by atoms with Gasteiger partial charge < -0.3 is 29.2 Å². The first-order valence-corrected chi connectivity index (χ1v) is 14.4. The fourth-order valence-corrected chi connectivity index (χ4v) is 5.44. The number of carboxylic acids is 1. The second-order valence-electron chi connectivity index (χ2n) is 10.4. The van der Waals surface area contributed by atoms with Crippen molar-refractivity contribution < 1.29 is 37.4 Å². The maximum Gasteiger partial charge on any atom is 0.490 e. The summed E-state index contributed by atoms with van der Waals surface area (Å²) in [5.41, 5.74) is 3.33. The Bertz CT molecular complexity index is 1770. The number of nitrogens with zero attached hydrogens (tertiary/aromatic N) is 4. The lowest BCUT2D eigenvalue weighted by Gasteiger charge is -2.26. The number of rotatable bonds is 7. The number of alkyl halides is 3. The molecule has 0 unspecified atom stereocenters. The van der Waals surface area contributed by atoms with Crippen molar-refractivity contribution >= 4 is 39.8 Å². The van der Waals surface area contributed by atoms with Gasteiger partial charge in [-0.15, -0.1) is 0 Å². The van der Waals surface area contributed by atoms with Gasteiger partial charge >= 0.3 is 18.1 Å². The number of amides is 1. The number of benzene rings is 2. The van der Waals surface area contributed by atoms with Crippen LogP contribution in [0.5, 0.6) is 0 Å². The van der Waals surface area contributed by atoms with Crippen molar-refractivity contribution in [3.63, 3.8) is 0 Å². The van der Waals surface area contributed by atoms with Crippen molar-refractivity contribution in [2.75, 3.05) is 33.3 Å². The predicted octanol–water partition coefficient (Wildman–Crippen LogP) is 4.23. The van der Waals surface area contributed by atoms with E-state index in [0.29, 0.717) is 40.9 Å². The number of fused-ring (bicyclic) bond motifs is 2. The number of esters is 1. The molecule has 2 N–H and O–H groups in total. The number of piperidine rings is 1. The highest BCUT2D eigenvalue weighted by molar-refractivity contribution is 5.98. The van der Waals surface area contributed by atoms with Crippen molar-refractivity contribution in [3.05, 3.63) is 64.6 Å². The molecule has 11 nitrogen and oxygen atoms in total. The number of para-hydroxylation sites is 1. The van der Waals surface area contributed by atoms with Crippen LogP contribution in [-0.2, 0) is 20.9 Å². The average molecular weight is 630 g/mol. The van der Waals surface area contributed by atoms with Crippen LogP contribution in [0.3, 0.4) is 0 Å². The van der Waals surface area contributed by atoms with Gasteiger partial charge in [-0.05, 0) is 64.0 Å². The molecule has 240 valence electrons. The van der Waals surface area contributed by atoms with E-state index in [1.165, 1.54) is 7.11 Å². The minimum Gasteiger partial charge on any atom is -0.475 e. The van der Waals surface area contributed by atoms with E-state index in [4.69, 9.17) is 19.6 Å². The third-order valence-corrected chi connectivity index (χ3v) is 7.69. The summed E-state index contributed by atoms with van der Waals surface area (Å²) >= 11 is 0. The van der Waals surface area contributed by atoms with Crippen LogP contribution in [0.25, 0.3) is 33.2 Å². The molecule has 1 amide bonds. The molecule has 45 heavy (non-hydrogen) atoms. The third kappa shape index (κ3) is 7.17. The fourth-order valence-electron chi connectivity index (χ4n) is 5.44. The van der Waals surface area contributed by atoms with E-state index in [9.17, 15) is 27.6 Å². The van der Waals surface area contributed by atoms with Crippen molar-refractivity contribution in [1.29, 1.82) is 0 Å². The summed E-state index contributed by atoms with van der Waals surface area (Å²) in [4.78, 5) is 54.9. The van der Waals surface area contributed by atoms with Crippen LogP contribution in [0, 0.1) is 0 Å². The van der Waals surface area contributed by atoms with Crippen LogP contribution in [0.4, 0.5) is 13.2 Å². The molecule has 1 saturated heterocycles. The number of hydrogen-bond donors (Lipinski definition) is 2. The van der Waals surface area contributed by atoms with E-state index in [1.807, 2.05) is 48.9 Å². The van der Waals surface area contributed by atoms with Gasteiger partial charge in [-0.3, -0.25) is 9.59 Å². The van der Waals surface area contributed by atoms with Gasteiger partial charge in [0.1, 0.15) is 12.2 Å². The molecule has 0 radical (unpaired) electrons. The van der Waals surface area contributed by atoms with Gasteiger partial charge in [-0.2, -0.15) is 13.2 Å². The number of aromatic nitrogens is 3. The minimum atomic E-state index is -5.08. The highest BCUT2D eigenvalue weighted by Crippen LogP contribution is 2.31. The average Bonchev–Trinajstić information content (AvgIpc) is 3.38. The zero-order valence-electron chi connectivity index (χ0n) is 25.1. The smallest absolute Gasteiger partial charge is 0.475 e. The van der Waals surface area contributed by atoms with Crippen molar-refractivity contribution in [3.8, 4) is 11.3 Å². The quantitative estimate of drug-likeness (QED) is 0.290.